The van der Waals surface area contributed by atoms with Crippen molar-refractivity contribution in [2.75, 3.05) is 11.1 Å². The number of carbonyl (C=O) groups is 2. The van der Waals surface area contributed by atoms with Gasteiger partial charge in [-0.1, -0.05) is 42.1 Å². The molecule has 0 saturated carbocycles. The fourth-order valence-corrected chi connectivity index (χ4v) is 5.06. The number of benzene rings is 2. The van der Waals surface area contributed by atoms with E-state index in [0.717, 1.165) is 25.9 Å². The Balaban J connectivity index is 1.55. The minimum absolute atomic E-state index is 0.0707. The lowest BCUT2D eigenvalue weighted by Gasteiger charge is -2.12. The molecule has 3 rings (SSSR count). The highest BCUT2D eigenvalue weighted by Crippen LogP contribution is 2.24. The van der Waals surface area contributed by atoms with Crippen LogP contribution in [-0.4, -0.2) is 32.3 Å². The molecule has 0 fully saturated rings. The van der Waals surface area contributed by atoms with Crippen LogP contribution in [0.1, 0.15) is 29.4 Å². The number of amides is 2. The summed E-state index contributed by atoms with van der Waals surface area (Å²) in [4.78, 5) is 24.8. The zero-order chi connectivity index (χ0) is 23.1. The minimum atomic E-state index is -0.0919. The summed E-state index contributed by atoms with van der Waals surface area (Å²) < 4.78 is 3.06. The average Bonchev–Trinajstić information content (AvgIpc) is 3.16. The second kappa shape index (κ2) is 11.5. The zero-order valence-corrected chi connectivity index (χ0v) is 21.3. The van der Waals surface area contributed by atoms with E-state index < -0.39 is 0 Å². The number of carbonyl (C=O) groups excluding carboxylic acids is 2. The summed E-state index contributed by atoms with van der Waals surface area (Å²) >= 11 is 3.61. The van der Waals surface area contributed by atoms with Gasteiger partial charge in [-0.15, -0.1) is 10.2 Å². The van der Waals surface area contributed by atoms with E-state index in [9.17, 15) is 9.59 Å². The monoisotopic (exact) mass is 563 g/mol. The van der Waals surface area contributed by atoms with Gasteiger partial charge in [-0.2, -0.15) is 0 Å². The Morgan fingerprint density at radius 2 is 1.75 bits per heavy atom. The van der Waals surface area contributed by atoms with E-state index in [2.05, 4.69) is 43.4 Å². The largest absolute Gasteiger partial charge is 0.349 e. The van der Waals surface area contributed by atoms with Crippen molar-refractivity contribution in [1.82, 2.24) is 20.1 Å². The zero-order valence-electron chi connectivity index (χ0n) is 18.3. The van der Waals surface area contributed by atoms with Crippen molar-refractivity contribution in [3.63, 3.8) is 0 Å². The molecule has 3 aromatic rings. The standard InChI is InChI=1S/C23H26IN5O2S/c1-4-29-19(13-25-20(30)12-17-8-6-5-7-9-17)27-28-23(29)32-14-21(31)26-22-15(2)10-18(24)11-16(22)3/h5-11H,4,12-14H2,1-3H3,(H,25,30)(H,26,31). The second-order valence-electron chi connectivity index (χ2n) is 7.33. The molecule has 0 aliphatic carbocycles. The first-order valence-corrected chi connectivity index (χ1v) is 12.4. The van der Waals surface area contributed by atoms with Gasteiger partial charge >= 0.3 is 0 Å². The Bertz CT molecular complexity index is 1080. The van der Waals surface area contributed by atoms with Crippen LogP contribution in [0.4, 0.5) is 5.69 Å². The van der Waals surface area contributed by atoms with Crippen molar-refractivity contribution >= 4 is 51.9 Å². The number of hydrogen-bond donors (Lipinski definition) is 2. The third-order valence-electron chi connectivity index (χ3n) is 4.86. The van der Waals surface area contributed by atoms with Crippen LogP contribution in [0.2, 0.25) is 0 Å². The molecule has 2 amide bonds. The molecule has 0 saturated heterocycles. The van der Waals surface area contributed by atoms with E-state index in [1.165, 1.54) is 11.8 Å². The number of rotatable bonds is 9. The molecule has 0 aliphatic rings. The molecule has 0 unspecified atom stereocenters. The highest BCUT2D eigenvalue weighted by molar-refractivity contribution is 14.1. The lowest BCUT2D eigenvalue weighted by molar-refractivity contribution is -0.120. The normalized spacial score (nSPS) is 10.8. The summed E-state index contributed by atoms with van der Waals surface area (Å²) in [6, 6.07) is 13.7. The first-order valence-electron chi connectivity index (χ1n) is 10.3. The first kappa shape index (κ1) is 24.2. The Morgan fingerprint density at radius 1 is 1.06 bits per heavy atom. The summed E-state index contributed by atoms with van der Waals surface area (Å²) in [5, 5.41) is 15.0. The highest BCUT2D eigenvalue weighted by atomic mass is 127. The summed E-state index contributed by atoms with van der Waals surface area (Å²) in [6.45, 7) is 6.91. The predicted molar refractivity (Wildman–Crippen MR) is 136 cm³/mol. The molecule has 1 aromatic heterocycles. The molecule has 0 spiro atoms. The van der Waals surface area contributed by atoms with E-state index >= 15 is 0 Å². The molecule has 0 bridgehead atoms. The van der Waals surface area contributed by atoms with Crippen LogP contribution < -0.4 is 10.6 Å². The van der Waals surface area contributed by atoms with Crippen LogP contribution in [0, 0.1) is 17.4 Å². The van der Waals surface area contributed by atoms with Gasteiger partial charge in [-0.05, 0) is 72.2 Å². The van der Waals surface area contributed by atoms with E-state index in [-0.39, 0.29) is 17.6 Å². The number of thioether (sulfide) groups is 1. The number of anilines is 1. The number of aryl methyl sites for hydroxylation is 2. The van der Waals surface area contributed by atoms with Crippen LogP contribution >= 0.6 is 34.4 Å². The van der Waals surface area contributed by atoms with Gasteiger partial charge in [0.2, 0.25) is 11.8 Å². The molecule has 2 N–H and O–H groups in total. The van der Waals surface area contributed by atoms with Gasteiger partial charge in [0.25, 0.3) is 0 Å². The average molecular weight is 563 g/mol. The van der Waals surface area contributed by atoms with E-state index in [1.54, 1.807) is 0 Å². The number of halogens is 1. The topological polar surface area (TPSA) is 88.9 Å². The van der Waals surface area contributed by atoms with Gasteiger partial charge in [0, 0.05) is 15.8 Å². The summed E-state index contributed by atoms with van der Waals surface area (Å²) in [5.74, 6) is 0.731. The van der Waals surface area contributed by atoms with Crippen molar-refractivity contribution in [3.05, 3.63) is 68.5 Å². The van der Waals surface area contributed by atoms with Gasteiger partial charge < -0.3 is 15.2 Å². The van der Waals surface area contributed by atoms with E-state index in [1.807, 2.05) is 67.8 Å². The molecule has 168 valence electrons. The third kappa shape index (κ3) is 6.55. The molecule has 0 atom stereocenters. The van der Waals surface area contributed by atoms with Crippen molar-refractivity contribution in [3.8, 4) is 0 Å². The summed E-state index contributed by atoms with van der Waals surface area (Å²) in [6.07, 6.45) is 0.320. The molecule has 32 heavy (non-hydrogen) atoms. The van der Waals surface area contributed by atoms with Gasteiger partial charge in [0.15, 0.2) is 11.0 Å². The van der Waals surface area contributed by atoms with Gasteiger partial charge in [-0.3, -0.25) is 9.59 Å². The van der Waals surface area contributed by atoms with E-state index in [0.29, 0.717) is 30.5 Å². The van der Waals surface area contributed by atoms with Crippen LogP contribution in [-0.2, 0) is 29.1 Å². The number of nitrogens with zero attached hydrogens (tertiary/aromatic N) is 3. The van der Waals surface area contributed by atoms with Crippen LogP contribution in [0.3, 0.4) is 0 Å². The predicted octanol–water partition coefficient (Wildman–Crippen LogP) is 4.11. The maximum absolute atomic E-state index is 12.5. The summed E-state index contributed by atoms with van der Waals surface area (Å²) in [5.41, 5.74) is 3.90. The molecule has 7 nitrogen and oxygen atoms in total. The lowest BCUT2D eigenvalue weighted by Crippen LogP contribution is -2.26. The maximum Gasteiger partial charge on any atom is 0.234 e. The van der Waals surface area contributed by atoms with Crippen LogP contribution in [0.5, 0.6) is 0 Å². The number of nitrogens with one attached hydrogen (secondary N) is 2. The fourth-order valence-electron chi connectivity index (χ4n) is 3.31. The van der Waals surface area contributed by atoms with Crippen molar-refractivity contribution in [2.24, 2.45) is 0 Å². The van der Waals surface area contributed by atoms with Gasteiger partial charge in [0.05, 0.1) is 18.7 Å². The Morgan fingerprint density at radius 3 is 2.41 bits per heavy atom. The maximum atomic E-state index is 12.5. The van der Waals surface area contributed by atoms with E-state index in [4.69, 9.17) is 0 Å². The molecular formula is C23H26IN5O2S. The molecule has 9 heteroatoms. The van der Waals surface area contributed by atoms with Gasteiger partial charge in [0.1, 0.15) is 0 Å². The smallest absolute Gasteiger partial charge is 0.234 e. The molecule has 2 aromatic carbocycles. The minimum Gasteiger partial charge on any atom is -0.349 e. The van der Waals surface area contributed by atoms with Crippen molar-refractivity contribution < 1.29 is 9.59 Å². The molecule has 0 aliphatic heterocycles. The Kier molecular flexibility index (Phi) is 8.68. The Hall–Kier alpha value is -2.40. The molecule has 1 heterocycles. The lowest BCUT2D eigenvalue weighted by atomic mass is 10.1. The first-order chi connectivity index (χ1) is 15.4. The quantitative estimate of drug-likeness (QED) is 0.302. The SMILES string of the molecule is CCn1c(CNC(=O)Cc2ccccc2)nnc1SCC(=O)Nc1c(C)cc(I)cc1C. The molecular weight excluding hydrogens is 537 g/mol. The van der Waals surface area contributed by atoms with Crippen molar-refractivity contribution in [2.45, 2.75) is 45.4 Å². The van der Waals surface area contributed by atoms with Gasteiger partial charge in [-0.25, -0.2) is 0 Å². The number of aromatic nitrogens is 3. The Labute approximate surface area is 205 Å². The fraction of sp³-hybridized carbons (Fsp3) is 0.304. The molecule has 0 radical (unpaired) electrons. The third-order valence-corrected chi connectivity index (χ3v) is 6.44. The second-order valence-corrected chi connectivity index (χ2v) is 9.52. The van der Waals surface area contributed by atoms with Crippen LogP contribution in [0.15, 0.2) is 47.6 Å². The van der Waals surface area contributed by atoms with Crippen molar-refractivity contribution in [1.29, 1.82) is 0 Å². The number of hydrogen-bond acceptors (Lipinski definition) is 5. The van der Waals surface area contributed by atoms with Crippen LogP contribution in [0.25, 0.3) is 0 Å². The highest BCUT2D eigenvalue weighted by Gasteiger charge is 2.15. The summed E-state index contributed by atoms with van der Waals surface area (Å²) in [7, 11) is 0.